The van der Waals surface area contributed by atoms with Crippen LogP contribution in [0.25, 0.3) is 0 Å². The molecule has 0 radical (unpaired) electrons. The van der Waals surface area contributed by atoms with Crippen LogP contribution in [0.5, 0.6) is 0 Å². The number of esters is 2. The largest absolute Gasteiger partial charge is 0.465 e. The molecule has 1 heterocycles. The Morgan fingerprint density at radius 2 is 2.17 bits per heavy atom. The average molecular weight is 248 g/mol. The predicted octanol–water partition coefficient (Wildman–Crippen LogP) is 2.16. The zero-order chi connectivity index (χ0) is 13.1. The minimum Gasteiger partial charge on any atom is -0.465 e. The maximum Gasteiger partial charge on any atom is 0.321 e. The van der Waals surface area contributed by atoms with E-state index in [0.717, 1.165) is 11.1 Å². The van der Waals surface area contributed by atoms with Crippen molar-refractivity contribution in [1.29, 1.82) is 0 Å². The van der Waals surface area contributed by atoms with Crippen LogP contribution in [0.3, 0.4) is 0 Å². The summed E-state index contributed by atoms with van der Waals surface area (Å²) in [5, 5.41) is 0. The fourth-order valence-corrected chi connectivity index (χ4v) is 2.15. The third kappa shape index (κ3) is 2.37. The molecule has 2 atom stereocenters. The van der Waals surface area contributed by atoms with E-state index < -0.39 is 17.9 Å². The molecule has 4 nitrogen and oxygen atoms in total. The molecule has 0 bridgehead atoms. The second-order valence-corrected chi connectivity index (χ2v) is 4.32. The quantitative estimate of drug-likeness (QED) is 0.607. The molecule has 18 heavy (non-hydrogen) atoms. The van der Waals surface area contributed by atoms with Crippen LogP contribution in [-0.2, 0) is 19.1 Å². The summed E-state index contributed by atoms with van der Waals surface area (Å²) in [6, 6.07) is 7.70. The summed E-state index contributed by atoms with van der Waals surface area (Å²) >= 11 is 0. The minimum atomic E-state index is -0.783. The third-order valence-corrected chi connectivity index (χ3v) is 3.10. The van der Waals surface area contributed by atoms with Crippen molar-refractivity contribution in [2.24, 2.45) is 5.92 Å². The number of aryl methyl sites for hydroxylation is 1. The Bertz CT molecular complexity index is 467. The molecule has 1 saturated heterocycles. The lowest BCUT2D eigenvalue weighted by atomic mass is 9.97. The lowest BCUT2D eigenvalue weighted by Crippen LogP contribution is -2.21. The summed E-state index contributed by atoms with van der Waals surface area (Å²) < 4.78 is 10.1. The lowest BCUT2D eigenvalue weighted by Gasteiger charge is -2.11. The number of carbonyl (C=O) groups is 2. The molecule has 1 aromatic rings. The van der Waals surface area contributed by atoms with Gasteiger partial charge in [-0.25, -0.2) is 0 Å². The van der Waals surface area contributed by atoms with Crippen molar-refractivity contribution in [3.05, 3.63) is 35.4 Å². The fraction of sp³-hybridized carbons (Fsp3) is 0.429. The van der Waals surface area contributed by atoms with E-state index in [9.17, 15) is 9.59 Å². The van der Waals surface area contributed by atoms with Crippen molar-refractivity contribution >= 4 is 11.9 Å². The van der Waals surface area contributed by atoms with E-state index in [4.69, 9.17) is 9.47 Å². The Balaban J connectivity index is 2.14. The molecule has 2 rings (SSSR count). The highest BCUT2D eigenvalue weighted by Gasteiger charge is 2.41. The van der Waals surface area contributed by atoms with Gasteiger partial charge in [-0.3, -0.25) is 9.59 Å². The van der Waals surface area contributed by atoms with Gasteiger partial charge in [0.1, 0.15) is 6.10 Å². The van der Waals surface area contributed by atoms with E-state index in [1.807, 2.05) is 31.2 Å². The van der Waals surface area contributed by atoms with Gasteiger partial charge in [-0.1, -0.05) is 24.3 Å². The van der Waals surface area contributed by atoms with Crippen LogP contribution in [0.1, 0.15) is 30.6 Å². The molecule has 1 aliphatic rings. The number of rotatable bonds is 3. The molecule has 0 amide bonds. The van der Waals surface area contributed by atoms with Gasteiger partial charge < -0.3 is 9.47 Å². The molecule has 2 unspecified atom stereocenters. The van der Waals surface area contributed by atoms with Crippen LogP contribution < -0.4 is 0 Å². The summed E-state index contributed by atoms with van der Waals surface area (Å²) in [4.78, 5) is 23.3. The second kappa shape index (κ2) is 5.21. The van der Waals surface area contributed by atoms with Crippen molar-refractivity contribution in [1.82, 2.24) is 0 Å². The van der Waals surface area contributed by atoms with Crippen LogP contribution >= 0.6 is 0 Å². The molecule has 0 N–H and O–H groups in total. The second-order valence-electron chi connectivity index (χ2n) is 4.32. The van der Waals surface area contributed by atoms with Crippen molar-refractivity contribution in [3.63, 3.8) is 0 Å². The number of benzene rings is 1. The molecular formula is C14H16O4. The summed E-state index contributed by atoms with van der Waals surface area (Å²) in [6.07, 6.45) is 0.0239. The number of carbonyl (C=O) groups excluding carboxylic acids is 2. The summed E-state index contributed by atoms with van der Waals surface area (Å²) in [5.41, 5.74) is 2.01. The Morgan fingerprint density at radius 1 is 1.44 bits per heavy atom. The first-order valence-electron chi connectivity index (χ1n) is 6.06. The summed E-state index contributed by atoms with van der Waals surface area (Å²) in [5.74, 6) is -1.75. The van der Waals surface area contributed by atoms with Gasteiger partial charge in [0.15, 0.2) is 5.92 Å². The predicted molar refractivity (Wildman–Crippen MR) is 64.8 cm³/mol. The number of hydrogen-bond donors (Lipinski definition) is 0. The van der Waals surface area contributed by atoms with E-state index in [0.29, 0.717) is 6.42 Å². The Morgan fingerprint density at radius 3 is 2.83 bits per heavy atom. The van der Waals surface area contributed by atoms with Gasteiger partial charge >= 0.3 is 11.9 Å². The molecular weight excluding hydrogens is 232 g/mol. The first-order valence-corrected chi connectivity index (χ1v) is 6.06. The van der Waals surface area contributed by atoms with E-state index in [1.54, 1.807) is 6.92 Å². The SMILES string of the molecule is CCOC(=O)C1CC(c2ccccc2C)OC1=O. The fourth-order valence-electron chi connectivity index (χ4n) is 2.15. The topological polar surface area (TPSA) is 52.6 Å². The van der Waals surface area contributed by atoms with Crippen molar-refractivity contribution in [2.75, 3.05) is 6.61 Å². The third-order valence-electron chi connectivity index (χ3n) is 3.10. The Hall–Kier alpha value is -1.84. The summed E-state index contributed by atoms with van der Waals surface area (Å²) in [7, 11) is 0. The first kappa shape index (κ1) is 12.6. The van der Waals surface area contributed by atoms with Crippen molar-refractivity contribution in [3.8, 4) is 0 Å². The van der Waals surface area contributed by atoms with Crippen LogP contribution in [-0.4, -0.2) is 18.5 Å². The number of hydrogen-bond acceptors (Lipinski definition) is 4. The van der Waals surface area contributed by atoms with Crippen molar-refractivity contribution < 1.29 is 19.1 Å². The molecule has 96 valence electrons. The molecule has 1 fully saturated rings. The monoisotopic (exact) mass is 248 g/mol. The average Bonchev–Trinajstić information content (AvgIpc) is 2.72. The van der Waals surface area contributed by atoms with E-state index in [2.05, 4.69) is 0 Å². The van der Waals surface area contributed by atoms with E-state index >= 15 is 0 Å². The zero-order valence-corrected chi connectivity index (χ0v) is 10.5. The van der Waals surface area contributed by atoms with Crippen LogP contribution in [0.15, 0.2) is 24.3 Å². The molecule has 0 aliphatic carbocycles. The molecule has 0 spiro atoms. The molecule has 1 aromatic carbocycles. The molecule has 1 aliphatic heterocycles. The van der Waals surface area contributed by atoms with Gasteiger partial charge in [-0.2, -0.15) is 0 Å². The summed E-state index contributed by atoms with van der Waals surface area (Å²) in [6.45, 7) is 3.95. The highest BCUT2D eigenvalue weighted by atomic mass is 16.6. The Kier molecular flexibility index (Phi) is 3.65. The number of ether oxygens (including phenoxy) is 2. The van der Waals surface area contributed by atoms with Gasteiger partial charge in [-0.15, -0.1) is 0 Å². The maximum atomic E-state index is 11.7. The minimum absolute atomic E-state index is 0.275. The lowest BCUT2D eigenvalue weighted by molar-refractivity contribution is -0.156. The Labute approximate surface area is 106 Å². The molecule has 0 aromatic heterocycles. The zero-order valence-electron chi connectivity index (χ0n) is 10.5. The first-order chi connectivity index (χ1) is 8.63. The van der Waals surface area contributed by atoms with E-state index in [-0.39, 0.29) is 12.7 Å². The standard InChI is InChI=1S/C14H16O4/c1-3-17-13(15)11-8-12(18-14(11)16)10-7-5-4-6-9(10)2/h4-7,11-12H,3,8H2,1-2H3. The van der Waals surface area contributed by atoms with Crippen molar-refractivity contribution in [2.45, 2.75) is 26.4 Å². The molecule has 4 heteroatoms. The highest BCUT2D eigenvalue weighted by Crippen LogP contribution is 2.35. The van der Waals surface area contributed by atoms with Gasteiger partial charge in [0.25, 0.3) is 0 Å². The molecule has 0 saturated carbocycles. The van der Waals surface area contributed by atoms with Crippen LogP contribution in [0, 0.1) is 12.8 Å². The van der Waals surface area contributed by atoms with Crippen LogP contribution in [0.4, 0.5) is 0 Å². The van der Waals surface area contributed by atoms with Crippen LogP contribution in [0.2, 0.25) is 0 Å². The van der Waals surface area contributed by atoms with Gasteiger partial charge in [0, 0.05) is 6.42 Å². The number of cyclic esters (lactones) is 1. The smallest absolute Gasteiger partial charge is 0.321 e. The van der Waals surface area contributed by atoms with E-state index in [1.165, 1.54) is 0 Å². The van der Waals surface area contributed by atoms with Gasteiger partial charge in [0.05, 0.1) is 6.61 Å². The van der Waals surface area contributed by atoms with Gasteiger partial charge in [0.2, 0.25) is 0 Å². The maximum absolute atomic E-state index is 11.7. The normalized spacial score (nSPS) is 22.7. The van der Waals surface area contributed by atoms with Gasteiger partial charge in [-0.05, 0) is 25.0 Å². The highest BCUT2D eigenvalue weighted by molar-refractivity contribution is 5.96.